The van der Waals surface area contributed by atoms with Gasteiger partial charge in [0.05, 0.1) is 6.54 Å². The number of fused-ring (bicyclic) bond motifs is 1. The molecule has 0 aromatic heterocycles. The molecule has 0 radical (unpaired) electrons. The van der Waals surface area contributed by atoms with E-state index in [2.05, 4.69) is 4.90 Å². The van der Waals surface area contributed by atoms with E-state index in [9.17, 15) is 4.79 Å². The first kappa shape index (κ1) is 13.6. The van der Waals surface area contributed by atoms with E-state index in [1.165, 1.54) is 77.2 Å². The van der Waals surface area contributed by atoms with Gasteiger partial charge in [-0.3, -0.25) is 9.69 Å². The fourth-order valence-corrected chi connectivity index (χ4v) is 4.68. The molecule has 2 heteroatoms. The number of likely N-dealkylation sites (tertiary alicyclic amines) is 1. The Bertz CT molecular complexity index is 306. The van der Waals surface area contributed by atoms with Crippen molar-refractivity contribution in [2.75, 3.05) is 13.1 Å². The van der Waals surface area contributed by atoms with Crippen LogP contribution in [0.4, 0.5) is 0 Å². The molecule has 3 aliphatic rings. The molecule has 0 N–H and O–H groups in total. The Labute approximate surface area is 117 Å². The number of carbonyl (C=O) groups excluding carboxylic acids is 1. The van der Waals surface area contributed by atoms with Crippen molar-refractivity contribution in [2.24, 2.45) is 11.8 Å². The smallest absolute Gasteiger partial charge is 0.149 e. The highest BCUT2D eigenvalue weighted by atomic mass is 16.1. The number of rotatable bonds is 3. The Morgan fingerprint density at radius 3 is 2.37 bits per heavy atom. The Kier molecular flexibility index (Phi) is 4.57. The van der Waals surface area contributed by atoms with Crippen molar-refractivity contribution in [1.82, 2.24) is 4.90 Å². The minimum atomic E-state index is 0.401. The topological polar surface area (TPSA) is 20.3 Å². The lowest BCUT2D eigenvalue weighted by Crippen LogP contribution is -2.49. The minimum absolute atomic E-state index is 0.401. The second-order valence-electron chi connectivity index (χ2n) is 7.03. The van der Waals surface area contributed by atoms with Gasteiger partial charge in [0.25, 0.3) is 0 Å². The highest BCUT2D eigenvalue weighted by Gasteiger charge is 2.34. The molecule has 0 bridgehead atoms. The fraction of sp³-hybridized carbons (Fsp3) is 0.941. The lowest BCUT2D eigenvalue weighted by atomic mass is 9.78. The van der Waals surface area contributed by atoms with E-state index in [-0.39, 0.29) is 0 Å². The molecule has 2 atom stereocenters. The molecular formula is C17H29NO. The monoisotopic (exact) mass is 263 g/mol. The van der Waals surface area contributed by atoms with Gasteiger partial charge in [0.2, 0.25) is 0 Å². The Morgan fingerprint density at radius 2 is 1.53 bits per heavy atom. The van der Waals surface area contributed by atoms with E-state index < -0.39 is 0 Å². The van der Waals surface area contributed by atoms with E-state index in [0.29, 0.717) is 11.7 Å². The van der Waals surface area contributed by atoms with E-state index in [0.717, 1.165) is 18.5 Å². The van der Waals surface area contributed by atoms with Crippen LogP contribution in [0, 0.1) is 11.8 Å². The number of Topliss-reactive ketones (excluding diaryl/α,β-unsaturated/α-hetero) is 1. The molecule has 3 rings (SSSR count). The second-order valence-corrected chi connectivity index (χ2v) is 7.03. The molecule has 2 nitrogen and oxygen atoms in total. The molecule has 0 spiro atoms. The van der Waals surface area contributed by atoms with Crippen molar-refractivity contribution in [1.29, 1.82) is 0 Å². The molecule has 2 saturated carbocycles. The van der Waals surface area contributed by atoms with Crippen LogP contribution in [0.5, 0.6) is 0 Å². The number of nitrogens with zero attached hydrogens (tertiary/aromatic N) is 1. The quantitative estimate of drug-likeness (QED) is 0.772. The summed E-state index contributed by atoms with van der Waals surface area (Å²) in [6, 6.07) is 0.745. The van der Waals surface area contributed by atoms with E-state index in [1.54, 1.807) is 0 Å². The van der Waals surface area contributed by atoms with Gasteiger partial charge in [-0.05, 0) is 51.0 Å². The summed E-state index contributed by atoms with van der Waals surface area (Å²) in [5.74, 6) is 1.87. The van der Waals surface area contributed by atoms with Gasteiger partial charge in [0, 0.05) is 12.0 Å². The summed E-state index contributed by atoms with van der Waals surface area (Å²) in [4.78, 5) is 15.1. The Morgan fingerprint density at radius 1 is 0.842 bits per heavy atom. The van der Waals surface area contributed by atoms with Crippen LogP contribution in [0.15, 0.2) is 0 Å². The summed E-state index contributed by atoms with van der Waals surface area (Å²) < 4.78 is 0. The third kappa shape index (κ3) is 3.21. The zero-order valence-corrected chi connectivity index (χ0v) is 12.3. The van der Waals surface area contributed by atoms with Gasteiger partial charge in [0.1, 0.15) is 5.78 Å². The molecule has 0 aromatic rings. The fourth-order valence-electron chi connectivity index (χ4n) is 4.68. The lowest BCUT2D eigenvalue weighted by molar-refractivity contribution is -0.126. The molecule has 2 aliphatic carbocycles. The second kappa shape index (κ2) is 6.39. The third-order valence-corrected chi connectivity index (χ3v) is 5.78. The normalized spacial score (nSPS) is 33.9. The maximum absolute atomic E-state index is 12.5. The van der Waals surface area contributed by atoms with Gasteiger partial charge in [-0.25, -0.2) is 0 Å². The van der Waals surface area contributed by atoms with Crippen LogP contribution in [0.3, 0.4) is 0 Å². The standard InChI is InChI=1S/C17H29NO/c19-17(15-8-2-1-3-9-15)13-18-12-6-10-14-7-4-5-11-16(14)18/h14-16H,1-13H2/t14-,16-/m1/s1. The number of piperidine rings is 1. The van der Waals surface area contributed by atoms with Crippen molar-refractivity contribution in [3.8, 4) is 0 Å². The first-order chi connectivity index (χ1) is 9.34. The highest BCUT2D eigenvalue weighted by Crippen LogP contribution is 2.35. The molecule has 0 amide bonds. The summed E-state index contributed by atoms with van der Waals surface area (Å²) in [6.07, 6.45) is 14.5. The van der Waals surface area contributed by atoms with Gasteiger partial charge < -0.3 is 0 Å². The molecule has 19 heavy (non-hydrogen) atoms. The maximum Gasteiger partial charge on any atom is 0.149 e. The summed E-state index contributed by atoms with van der Waals surface area (Å²) >= 11 is 0. The predicted octanol–water partition coefficient (Wildman–Crippen LogP) is 3.79. The van der Waals surface area contributed by atoms with E-state index in [1.807, 2.05) is 0 Å². The lowest BCUT2D eigenvalue weighted by Gasteiger charge is -2.44. The van der Waals surface area contributed by atoms with Crippen LogP contribution >= 0.6 is 0 Å². The zero-order valence-electron chi connectivity index (χ0n) is 12.3. The average Bonchev–Trinajstić information content (AvgIpc) is 2.48. The molecule has 3 fully saturated rings. The number of hydrogen-bond acceptors (Lipinski definition) is 2. The predicted molar refractivity (Wildman–Crippen MR) is 78.1 cm³/mol. The van der Waals surface area contributed by atoms with Crippen LogP contribution in [0.25, 0.3) is 0 Å². The molecule has 108 valence electrons. The Balaban J connectivity index is 1.56. The van der Waals surface area contributed by atoms with Gasteiger partial charge in [0.15, 0.2) is 0 Å². The van der Waals surface area contributed by atoms with Crippen molar-refractivity contribution < 1.29 is 4.79 Å². The minimum Gasteiger partial charge on any atom is -0.298 e. The summed E-state index contributed by atoms with van der Waals surface area (Å²) in [7, 11) is 0. The summed E-state index contributed by atoms with van der Waals surface area (Å²) in [5.41, 5.74) is 0. The van der Waals surface area contributed by atoms with Gasteiger partial charge in [-0.2, -0.15) is 0 Å². The maximum atomic E-state index is 12.5. The molecule has 1 heterocycles. The van der Waals surface area contributed by atoms with E-state index in [4.69, 9.17) is 0 Å². The van der Waals surface area contributed by atoms with Gasteiger partial charge in [-0.15, -0.1) is 0 Å². The summed E-state index contributed by atoms with van der Waals surface area (Å²) in [5, 5.41) is 0. The Hall–Kier alpha value is -0.370. The van der Waals surface area contributed by atoms with Crippen LogP contribution in [0.2, 0.25) is 0 Å². The van der Waals surface area contributed by atoms with Crippen LogP contribution in [0.1, 0.15) is 70.6 Å². The van der Waals surface area contributed by atoms with Gasteiger partial charge >= 0.3 is 0 Å². The summed E-state index contributed by atoms with van der Waals surface area (Å²) in [6.45, 7) is 1.95. The molecule has 1 saturated heterocycles. The number of carbonyl (C=O) groups is 1. The first-order valence-corrected chi connectivity index (χ1v) is 8.61. The highest BCUT2D eigenvalue weighted by molar-refractivity contribution is 5.83. The van der Waals surface area contributed by atoms with Crippen LogP contribution in [-0.2, 0) is 4.79 Å². The first-order valence-electron chi connectivity index (χ1n) is 8.61. The van der Waals surface area contributed by atoms with Crippen molar-refractivity contribution in [3.05, 3.63) is 0 Å². The van der Waals surface area contributed by atoms with Gasteiger partial charge in [-0.1, -0.05) is 32.1 Å². The molecular weight excluding hydrogens is 234 g/mol. The van der Waals surface area contributed by atoms with Crippen LogP contribution < -0.4 is 0 Å². The molecule has 0 aromatic carbocycles. The van der Waals surface area contributed by atoms with Crippen molar-refractivity contribution in [3.63, 3.8) is 0 Å². The van der Waals surface area contributed by atoms with Crippen molar-refractivity contribution in [2.45, 2.75) is 76.7 Å². The third-order valence-electron chi connectivity index (χ3n) is 5.78. The SMILES string of the molecule is O=C(CN1CCC[C@H]2CCCC[C@H]21)C1CCCCC1. The molecule has 0 unspecified atom stereocenters. The number of ketones is 1. The van der Waals surface area contributed by atoms with Crippen LogP contribution in [-0.4, -0.2) is 29.8 Å². The largest absolute Gasteiger partial charge is 0.298 e. The zero-order chi connectivity index (χ0) is 13.1. The average molecular weight is 263 g/mol. The molecule has 1 aliphatic heterocycles. The van der Waals surface area contributed by atoms with E-state index >= 15 is 0 Å². The van der Waals surface area contributed by atoms with Crippen molar-refractivity contribution >= 4 is 5.78 Å². The number of hydrogen-bond donors (Lipinski definition) is 0.